The number of nitrogens with zero attached hydrogens (tertiary/aromatic N) is 1. The summed E-state index contributed by atoms with van der Waals surface area (Å²) in [6, 6.07) is 5.29. The summed E-state index contributed by atoms with van der Waals surface area (Å²) in [5.74, 6) is 0.756. The summed E-state index contributed by atoms with van der Waals surface area (Å²) >= 11 is 5.84. The van der Waals surface area contributed by atoms with Crippen molar-refractivity contribution in [2.75, 3.05) is 33.0 Å². The molecule has 0 saturated heterocycles. The van der Waals surface area contributed by atoms with Gasteiger partial charge in [0.2, 0.25) is 0 Å². The number of hydrogen-bond acceptors (Lipinski definition) is 3. The molecule has 1 aromatic carbocycles. The van der Waals surface area contributed by atoms with Crippen LogP contribution in [0.5, 0.6) is 5.75 Å². The van der Waals surface area contributed by atoms with Crippen LogP contribution in [0.4, 0.5) is 5.69 Å². The summed E-state index contributed by atoms with van der Waals surface area (Å²) in [6.45, 7) is 1.52. The van der Waals surface area contributed by atoms with Crippen LogP contribution in [-0.4, -0.2) is 32.1 Å². The third-order valence-electron chi connectivity index (χ3n) is 1.78. The van der Waals surface area contributed by atoms with Crippen LogP contribution in [-0.2, 0) is 0 Å². The van der Waals surface area contributed by atoms with Crippen molar-refractivity contribution in [1.82, 2.24) is 4.90 Å². The molecule has 1 aromatic rings. The van der Waals surface area contributed by atoms with Crippen LogP contribution in [0.2, 0.25) is 5.02 Å². The molecule has 0 aromatic heterocycles. The van der Waals surface area contributed by atoms with Gasteiger partial charge in [0.1, 0.15) is 12.4 Å². The fourth-order valence-corrected chi connectivity index (χ4v) is 1.11. The SMILES string of the molecule is CN(C)CCOc1ccc(N)c(Cl)c1.Cl. The molecule has 0 fully saturated rings. The molecule has 0 bridgehead atoms. The van der Waals surface area contributed by atoms with Crippen molar-refractivity contribution in [3.63, 3.8) is 0 Å². The molecule has 0 aliphatic rings. The van der Waals surface area contributed by atoms with Gasteiger partial charge in [0.05, 0.1) is 10.7 Å². The first-order valence-electron chi connectivity index (χ1n) is 4.42. The molecule has 0 heterocycles. The first-order valence-corrected chi connectivity index (χ1v) is 4.80. The molecule has 0 unspecified atom stereocenters. The number of benzene rings is 1. The number of nitrogen functional groups attached to an aromatic ring is 1. The molecule has 0 atom stereocenters. The van der Waals surface area contributed by atoms with Crippen LogP contribution >= 0.6 is 24.0 Å². The Balaban J connectivity index is 0.00000196. The van der Waals surface area contributed by atoms with Gasteiger partial charge < -0.3 is 15.4 Å². The Bertz CT molecular complexity index is 305. The second-order valence-corrected chi connectivity index (χ2v) is 3.74. The first-order chi connectivity index (χ1) is 6.59. The number of nitrogens with two attached hydrogens (primary N) is 1. The largest absolute Gasteiger partial charge is 0.492 e. The van der Waals surface area contributed by atoms with E-state index in [4.69, 9.17) is 22.1 Å². The molecule has 2 N–H and O–H groups in total. The Morgan fingerprint density at radius 3 is 2.60 bits per heavy atom. The highest BCUT2D eigenvalue weighted by molar-refractivity contribution is 6.33. The van der Waals surface area contributed by atoms with Gasteiger partial charge in [-0.2, -0.15) is 0 Å². The van der Waals surface area contributed by atoms with Crippen LogP contribution in [0.25, 0.3) is 0 Å². The van der Waals surface area contributed by atoms with E-state index in [1.165, 1.54) is 0 Å². The van der Waals surface area contributed by atoms with Crippen molar-refractivity contribution in [1.29, 1.82) is 0 Å². The van der Waals surface area contributed by atoms with E-state index in [2.05, 4.69) is 4.90 Å². The van der Waals surface area contributed by atoms with E-state index < -0.39 is 0 Å². The van der Waals surface area contributed by atoms with Crippen molar-refractivity contribution >= 4 is 29.7 Å². The highest BCUT2D eigenvalue weighted by Crippen LogP contribution is 2.23. The van der Waals surface area contributed by atoms with Gasteiger partial charge >= 0.3 is 0 Å². The van der Waals surface area contributed by atoms with Crippen molar-refractivity contribution in [3.8, 4) is 5.75 Å². The van der Waals surface area contributed by atoms with E-state index in [9.17, 15) is 0 Å². The predicted molar refractivity (Wildman–Crippen MR) is 67.2 cm³/mol. The second-order valence-electron chi connectivity index (χ2n) is 3.34. The van der Waals surface area contributed by atoms with E-state index in [1.54, 1.807) is 12.1 Å². The lowest BCUT2D eigenvalue weighted by atomic mass is 10.3. The topological polar surface area (TPSA) is 38.5 Å². The van der Waals surface area contributed by atoms with Crippen LogP contribution in [0.15, 0.2) is 18.2 Å². The van der Waals surface area contributed by atoms with Gasteiger partial charge in [0.15, 0.2) is 0 Å². The fourth-order valence-electron chi connectivity index (χ4n) is 0.944. The zero-order valence-electron chi connectivity index (χ0n) is 8.87. The lowest BCUT2D eigenvalue weighted by molar-refractivity contribution is 0.261. The number of anilines is 1. The van der Waals surface area contributed by atoms with Gasteiger partial charge in [-0.3, -0.25) is 0 Å². The smallest absolute Gasteiger partial charge is 0.121 e. The molecule has 0 aliphatic carbocycles. The van der Waals surface area contributed by atoms with Crippen molar-refractivity contribution in [3.05, 3.63) is 23.2 Å². The third-order valence-corrected chi connectivity index (χ3v) is 2.11. The average molecular weight is 251 g/mol. The summed E-state index contributed by atoms with van der Waals surface area (Å²) in [7, 11) is 4.00. The maximum absolute atomic E-state index is 5.84. The molecule has 1 rings (SSSR count). The Hall–Kier alpha value is -0.640. The molecule has 0 saturated carbocycles. The lowest BCUT2D eigenvalue weighted by Crippen LogP contribution is -2.19. The van der Waals surface area contributed by atoms with E-state index in [-0.39, 0.29) is 12.4 Å². The van der Waals surface area contributed by atoms with Crippen molar-refractivity contribution in [2.45, 2.75) is 0 Å². The van der Waals surface area contributed by atoms with Crippen LogP contribution in [0, 0.1) is 0 Å². The van der Waals surface area contributed by atoms with Crippen LogP contribution < -0.4 is 10.5 Å². The zero-order chi connectivity index (χ0) is 10.6. The maximum atomic E-state index is 5.84. The Kier molecular flexibility index (Phi) is 6.48. The van der Waals surface area contributed by atoms with E-state index in [0.29, 0.717) is 17.3 Å². The Labute approximate surface area is 102 Å². The van der Waals surface area contributed by atoms with Gasteiger partial charge in [-0.1, -0.05) is 11.6 Å². The second kappa shape index (κ2) is 6.77. The summed E-state index contributed by atoms with van der Waals surface area (Å²) in [4.78, 5) is 2.05. The minimum atomic E-state index is 0. The first kappa shape index (κ1) is 14.4. The molecule has 0 aliphatic heterocycles. The molecule has 3 nitrogen and oxygen atoms in total. The number of ether oxygens (including phenoxy) is 1. The van der Waals surface area contributed by atoms with Gasteiger partial charge in [-0.25, -0.2) is 0 Å². The monoisotopic (exact) mass is 250 g/mol. The third kappa shape index (κ3) is 5.11. The molecular formula is C10H16Cl2N2O. The standard InChI is InChI=1S/C10H15ClN2O.ClH/c1-13(2)5-6-14-8-3-4-10(12)9(11)7-8;/h3-4,7H,5-6,12H2,1-2H3;1H. The highest BCUT2D eigenvalue weighted by atomic mass is 35.5. The molecule has 86 valence electrons. The normalized spacial score (nSPS) is 9.87. The van der Waals surface area contributed by atoms with E-state index in [1.807, 2.05) is 20.2 Å². The lowest BCUT2D eigenvalue weighted by Gasteiger charge is -2.11. The summed E-state index contributed by atoms with van der Waals surface area (Å²) < 4.78 is 5.47. The minimum Gasteiger partial charge on any atom is -0.492 e. The Morgan fingerprint density at radius 2 is 2.07 bits per heavy atom. The van der Waals surface area contributed by atoms with Gasteiger partial charge in [0.25, 0.3) is 0 Å². The quantitative estimate of drug-likeness (QED) is 0.834. The number of likely N-dealkylation sites (N-methyl/N-ethyl adjacent to an activating group) is 1. The molecule has 0 spiro atoms. The number of rotatable bonds is 4. The van der Waals surface area contributed by atoms with Gasteiger partial charge in [0, 0.05) is 12.6 Å². The minimum absolute atomic E-state index is 0. The molecule has 0 radical (unpaired) electrons. The summed E-state index contributed by atoms with van der Waals surface area (Å²) in [6.07, 6.45) is 0. The van der Waals surface area contributed by atoms with Gasteiger partial charge in [-0.15, -0.1) is 12.4 Å². The van der Waals surface area contributed by atoms with Crippen LogP contribution in [0.3, 0.4) is 0 Å². The summed E-state index contributed by atoms with van der Waals surface area (Å²) in [5, 5.41) is 0.535. The molecule has 15 heavy (non-hydrogen) atoms. The van der Waals surface area contributed by atoms with Crippen molar-refractivity contribution < 1.29 is 4.74 Å². The highest BCUT2D eigenvalue weighted by Gasteiger charge is 1.99. The summed E-state index contributed by atoms with van der Waals surface area (Å²) in [5.41, 5.74) is 6.15. The zero-order valence-corrected chi connectivity index (χ0v) is 10.4. The predicted octanol–water partition coefficient (Wildman–Crippen LogP) is 2.28. The molecule has 5 heteroatoms. The molecule has 0 amide bonds. The average Bonchev–Trinajstić information content (AvgIpc) is 2.10. The number of halogens is 2. The fraction of sp³-hybridized carbons (Fsp3) is 0.400. The van der Waals surface area contributed by atoms with Crippen LogP contribution in [0.1, 0.15) is 0 Å². The van der Waals surface area contributed by atoms with Crippen molar-refractivity contribution in [2.24, 2.45) is 0 Å². The Morgan fingerprint density at radius 1 is 1.40 bits per heavy atom. The van der Waals surface area contributed by atoms with E-state index >= 15 is 0 Å². The van der Waals surface area contributed by atoms with E-state index in [0.717, 1.165) is 12.3 Å². The maximum Gasteiger partial charge on any atom is 0.121 e. The number of hydrogen-bond donors (Lipinski definition) is 1. The molecular weight excluding hydrogens is 235 g/mol. The van der Waals surface area contributed by atoms with Gasteiger partial charge in [-0.05, 0) is 26.2 Å².